The van der Waals surface area contributed by atoms with E-state index in [9.17, 15) is 18.0 Å². The summed E-state index contributed by atoms with van der Waals surface area (Å²) in [6, 6.07) is 7.98. The average Bonchev–Trinajstić information content (AvgIpc) is 2.47. The molecule has 1 N–H and O–H groups in total. The minimum atomic E-state index is -3.54. The predicted octanol–water partition coefficient (Wildman–Crippen LogP) is 1.12. The Morgan fingerprint density at radius 3 is 2.52 bits per heavy atom. The number of ketones is 1. The fourth-order valence-corrected chi connectivity index (χ4v) is 3.86. The van der Waals surface area contributed by atoms with E-state index in [2.05, 4.69) is 11.9 Å². The molecule has 1 heterocycles. The number of Topliss-reactive ketones (excluding diaryl/α,β-unsaturated/α-hetero) is 1. The third-order valence-electron chi connectivity index (χ3n) is 3.48. The van der Waals surface area contributed by atoms with Crippen molar-refractivity contribution in [2.24, 2.45) is 0 Å². The molecule has 1 fully saturated rings. The number of carbonyl (C=O) groups is 2. The van der Waals surface area contributed by atoms with Crippen molar-refractivity contribution >= 4 is 21.5 Å². The molecule has 0 aromatic heterocycles. The summed E-state index contributed by atoms with van der Waals surface area (Å²) >= 11 is 0. The van der Waals surface area contributed by atoms with Gasteiger partial charge in [-0.05, 0) is 12.8 Å². The van der Waals surface area contributed by atoms with Crippen LogP contribution in [0.25, 0.3) is 0 Å². The van der Waals surface area contributed by atoms with Gasteiger partial charge in [0.2, 0.25) is 5.91 Å². The van der Waals surface area contributed by atoms with Crippen LogP contribution in [0.2, 0.25) is 0 Å². The summed E-state index contributed by atoms with van der Waals surface area (Å²) in [6.45, 7) is 3.38. The van der Waals surface area contributed by atoms with E-state index in [0.717, 1.165) is 0 Å². The summed E-state index contributed by atoms with van der Waals surface area (Å²) in [5, 5.41) is 1.44. The molecule has 2 rings (SSSR count). The van der Waals surface area contributed by atoms with Crippen LogP contribution < -0.4 is 5.32 Å². The maximum absolute atomic E-state index is 12.2. The molecule has 1 amide bonds. The number of nitrogens with one attached hydrogen (secondary N) is 1. The maximum Gasteiger partial charge on any atom is 0.238 e. The van der Waals surface area contributed by atoms with Crippen molar-refractivity contribution in [3.05, 3.63) is 48.6 Å². The Bertz CT molecular complexity index is 652. The Balaban J connectivity index is 2.09. The van der Waals surface area contributed by atoms with Gasteiger partial charge in [-0.2, -0.15) is 0 Å². The number of carbonyl (C=O) groups excluding carboxylic acids is 2. The SMILES string of the molecule is C=CCS(=O)(=O)C1CCC(C(=O)c2ccccc2)NC1=O. The predicted molar refractivity (Wildman–Crippen MR) is 79.7 cm³/mol. The molecule has 2 unspecified atom stereocenters. The number of hydrogen-bond donors (Lipinski definition) is 1. The average molecular weight is 307 g/mol. The van der Waals surface area contributed by atoms with Crippen LogP contribution in [0.15, 0.2) is 43.0 Å². The van der Waals surface area contributed by atoms with Gasteiger partial charge in [-0.25, -0.2) is 8.42 Å². The highest BCUT2D eigenvalue weighted by atomic mass is 32.2. The summed E-state index contributed by atoms with van der Waals surface area (Å²) in [5.41, 5.74) is 0.509. The van der Waals surface area contributed by atoms with Gasteiger partial charge in [-0.3, -0.25) is 9.59 Å². The van der Waals surface area contributed by atoms with Crippen LogP contribution in [0.5, 0.6) is 0 Å². The van der Waals surface area contributed by atoms with Crippen LogP contribution in [0.1, 0.15) is 23.2 Å². The van der Waals surface area contributed by atoms with Crippen LogP contribution in [-0.4, -0.2) is 37.2 Å². The monoisotopic (exact) mass is 307 g/mol. The van der Waals surface area contributed by atoms with E-state index in [0.29, 0.717) is 12.0 Å². The first kappa shape index (κ1) is 15.4. The molecular formula is C15H17NO4S. The van der Waals surface area contributed by atoms with Gasteiger partial charge in [0.05, 0.1) is 11.8 Å². The molecular weight excluding hydrogens is 290 g/mol. The molecule has 1 saturated heterocycles. The van der Waals surface area contributed by atoms with Gasteiger partial charge in [-0.1, -0.05) is 36.4 Å². The number of benzene rings is 1. The first-order valence-electron chi connectivity index (χ1n) is 6.68. The molecule has 0 saturated carbocycles. The molecule has 1 aliphatic rings. The molecule has 0 spiro atoms. The fourth-order valence-electron chi connectivity index (χ4n) is 2.41. The van der Waals surface area contributed by atoms with Crippen molar-refractivity contribution in [3.63, 3.8) is 0 Å². The van der Waals surface area contributed by atoms with Crippen molar-refractivity contribution in [2.75, 3.05) is 5.75 Å². The number of amides is 1. The number of rotatable bonds is 5. The highest BCUT2D eigenvalue weighted by Gasteiger charge is 2.38. The second-order valence-electron chi connectivity index (χ2n) is 4.98. The third-order valence-corrected chi connectivity index (χ3v) is 5.50. The van der Waals surface area contributed by atoms with E-state index >= 15 is 0 Å². The van der Waals surface area contributed by atoms with Crippen LogP contribution in [-0.2, 0) is 14.6 Å². The van der Waals surface area contributed by atoms with E-state index in [-0.39, 0.29) is 18.0 Å². The topological polar surface area (TPSA) is 80.3 Å². The zero-order chi connectivity index (χ0) is 15.5. The van der Waals surface area contributed by atoms with E-state index in [1.54, 1.807) is 30.3 Å². The summed E-state index contributed by atoms with van der Waals surface area (Å²) in [4.78, 5) is 24.2. The van der Waals surface area contributed by atoms with Crippen LogP contribution >= 0.6 is 0 Å². The molecule has 0 radical (unpaired) electrons. The van der Waals surface area contributed by atoms with Crippen LogP contribution in [0.3, 0.4) is 0 Å². The lowest BCUT2D eigenvalue weighted by molar-refractivity contribution is -0.122. The Labute approximate surface area is 124 Å². The zero-order valence-electron chi connectivity index (χ0n) is 11.5. The van der Waals surface area contributed by atoms with Gasteiger partial charge in [0.15, 0.2) is 15.6 Å². The molecule has 21 heavy (non-hydrogen) atoms. The second kappa shape index (κ2) is 6.22. The third kappa shape index (κ3) is 3.39. The van der Waals surface area contributed by atoms with E-state index in [1.165, 1.54) is 6.08 Å². The Morgan fingerprint density at radius 1 is 1.29 bits per heavy atom. The van der Waals surface area contributed by atoms with Gasteiger partial charge in [-0.15, -0.1) is 6.58 Å². The van der Waals surface area contributed by atoms with Crippen molar-refractivity contribution in [1.29, 1.82) is 0 Å². The van der Waals surface area contributed by atoms with Gasteiger partial charge in [0.25, 0.3) is 0 Å². The lowest BCUT2D eigenvalue weighted by atomic mass is 9.96. The van der Waals surface area contributed by atoms with Gasteiger partial charge < -0.3 is 5.32 Å². The minimum absolute atomic E-state index is 0.158. The van der Waals surface area contributed by atoms with Gasteiger partial charge >= 0.3 is 0 Å². The zero-order valence-corrected chi connectivity index (χ0v) is 12.3. The first-order valence-corrected chi connectivity index (χ1v) is 8.39. The van der Waals surface area contributed by atoms with Crippen molar-refractivity contribution in [3.8, 4) is 0 Å². The number of piperidine rings is 1. The summed E-state index contributed by atoms with van der Waals surface area (Å²) in [6.07, 6.45) is 1.75. The summed E-state index contributed by atoms with van der Waals surface area (Å²) in [5.74, 6) is -1.02. The van der Waals surface area contributed by atoms with E-state index < -0.39 is 27.0 Å². The number of hydrogen-bond acceptors (Lipinski definition) is 4. The fraction of sp³-hybridized carbons (Fsp3) is 0.333. The maximum atomic E-state index is 12.2. The van der Waals surface area contributed by atoms with Crippen molar-refractivity contribution < 1.29 is 18.0 Å². The molecule has 1 aromatic carbocycles. The largest absolute Gasteiger partial charge is 0.345 e. The van der Waals surface area contributed by atoms with Crippen LogP contribution in [0, 0.1) is 0 Å². The van der Waals surface area contributed by atoms with Gasteiger partial charge in [0, 0.05) is 5.56 Å². The van der Waals surface area contributed by atoms with Gasteiger partial charge in [0.1, 0.15) is 5.25 Å². The van der Waals surface area contributed by atoms with E-state index in [1.807, 2.05) is 0 Å². The Kier molecular flexibility index (Phi) is 4.57. The summed E-state index contributed by atoms with van der Waals surface area (Å²) < 4.78 is 23.9. The standard InChI is InChI=1S/C15H17NO4S/c1-2-10-21(19,20)13-9-8-12(16-15(13)18)14(17)11-6-4-3-5-7-11/h2-7,12-13H,1,8-10H2,(H,16,18). The smallest absolute Gasteiger partial charge is 0.238 e. The highest BCUT2D eigenvalue weighted by molar-refractivity contribution is 7.92. The minimum Gasteiger partial charge on any atom is -0.345 e. The molecule has 0 aliphatic carbocycles. The highest BCUT2D eigenvalue weighted by Crippen LogP contribution is 2.19. The lowest BCUT2D eigenvalue weighted by Gasteiger charge is -2.27. The second-order valence-corrected chi connectivity index (χ2v) is 7.20. The molecule has 1 aliphatic heterocycles. The van der Waals surface area contributed by atoms with Crippen molar-refractivity contribution in [2.45, 2.75) is 24.1 Å². The van der Waals surface area contributed by atoms with Crippen molar-refractivity contribution in [1.82, 2.24) is 5.32 Å². The quantitative estimate of drug-likeness (QED) is 0.653. The molecule has 2 atom stereocenters. The first-order chi connectivity index (χ1) is 9.95. The van der Waals surface area contributed by atoms with E-state index in [4.69, 9.17) is 0 Å². The lowest BCUT2D eigenvalue weighted by Crippen LogP contribution is -2.53. The molecule has 0 bridgehead atoms. The van der Waals surface area contributed by atoms with Crippen LogP contribution in [0.4, 0.5) is 0 Å². The Morgan fingerprint density at radius 2 is 1.95 bits per heavy atom. The Hall–Kier alpha value is -1.95. The summed E-state index contributed by atoms with van der Waals surface area (Å²) in [7, 11) is -3.54. The molecule has 112 valence electrons. The molecule has 1 aromatic rings. The normalized spacial score (nSPS) is 22.4. The number of sulfone groups is 1. The molecule has 6 heteroatoms. The molecule has 5 nitrogen and oxygen atoms in total.